The van der Waals surface area contributed by atoms with Gasteiger partial charge in [0.2, 0.25) is 5.91 Å². The number of thioether (sulfide) groups is 1. The van der Waals surface area contributed by atoms with Crippen molar-refractivity contribution in [3.8, 4) is 6.07 Å². The lowest BCUT2D eigenvalue weighted by atomic mass is 10.0. The smallest absolute Gasteiger partial charge is 0.328 e. The molecule has 0 spiro atoms. The molecule has 0 aliphatic carbocycles. The molecule has 12 heteroatoms. The summed E-state index contributed by atoms with van der Waals surface area (Å²) in [5.41, 5.74) is 2.83. The minimum atomic E-state index is -0.407. The minimum Gasteiger partial charge on any atom is -0.383 e. The maximum atomic E-state index is 13.3. The predicted molar refractivity (Wildman–Crippen MR) is 146 cm³/mol. The Morgan fingerprint density at radius 3 is 2.87 bits per heavy atom. The first-order valence-corrected chi connectivity index (χ1v) is 13.8. The van der Waals surface area contributed by atoms with Crippen molar-refractivity contribution in [2.24, 2.45) is 0 Å². The van der Waals surface area contributed by atoms with Crippen LogP contribution in [0.25, 0.3) is 0 Å². The van der Waals surface area contributed by atoms with Crippen LogP contribution in [-0.4, -0.2) is 88.8 Å². The number of hydrogen-bond acceptors (Lipinski definition) is 9. The fourth-order valence-corrected chi connectivity index (χ4v) is 5.56. The van der Waals surface area contributed by atoms with Crippen molar-refractivity contribution in [3.05, 3.63) is 40.7 Å². The third-order valence-electron chi connectivity index (χ3n) is 7.08. The Labute approximate surface area is 225 Å². The maximum absolute atomic E-state index is 13.3. The van der Waals surface area contributed by atoms with Gasteiger partial charge in [-0.1, -0.05) is 0 Å². The van der Waals surface area contributed by atoms with E-state index in [-0.39, 0.29) is 11.6 Å². The average Bonchev–Trinajstić information content (AvgIpc) is 2.88. The summed E-state index contributed by atoms with van der Waals surface area (Å²) >= 11 is 1.89. The zero-order chi connectivity index (χ0) is 26.6. The summed E-state index contributed by atoms with van der Waals surface area (Å²) in [6, 6.07) is 5.30. The number of fused-ring (bicyclic) bond motifs is 1. The van der Waals surface area contributed by atoms with E-state index >= 15 is 0 Å². The summed E-state index contributed by atoms with van der Waals surface area (Å²) < 4.78 is 0. The van der Waals surface area contributed by atoms with E-state index in [1.165, 1.54) is 11.1 Å². The Balaban J connectivity index is 1.33. The zero-order valence-electron chi connectivity index (χ0n) is 21.3. The Hall–Kier alpha value is -3.69. The molecule has 2 aromatic heterocycles. The van der Waals surface area contributed by atoms with Gasteiger partial charge in [-0.2, -0.15) is 17.0 Å². The fourth-order valence-electron chi connectivity index (χ4n) is 4.79. The minimum absolute atomic E-state index is 0.0181. The molecule has 1 atom stereocenters. The van der Waals surface area contributed by atoms with Crippen LogP contribution >= 0.6 is 11.8 Å². The molecular weight excluding hydrogens is 504 g/mol. The van der Waals surface area contributed by atoms with Crippen molar-refractivity contribution in [1.82, 2.24) is 19.8 Å². The van der Waals surface area contributed by atoms with Gasteiger partial charge in [0.15, 0.2) is 6.29 Å². The second kappa shape index (κ2) is 11.4. The lowest BCUT2D eigenvalue weighted by Gasteiger charge is -2.33. The van der Waals surface area contributed by atoms with Crippen molar-refractivity contribution >= 4 is 47.3 Å². The van der Waals surface area contributed by atoms with Crippen LogP contribution in [0.15, 0.2) is 18.3 Å². The summed E-state index contributed by atoms with van der Waals surface area (Å²) in [5.74, 6) is 1.94. The molecule has 1 unspecified atom stereocenters. The van der Waals surface area contributed by atoms with Gasteiger partial charge in [0.1, 0.15) is 23.4 Å². The van der Waals surface area contributed by atoms with Gasteiger partial charge in [-0.3, -0.25) is 24.7 Å². The van der Waals surface area contributed by atoms with Crippen molar-refractivity contribution in [1.29, 1.82) is 5.26 Å². The van der Waals surface area contributed by atoms with E-state index in [2.05, 4.69) is 26.7 Å². The number of aryl methyl sites for hydroxylation is 1. The molecule has 2 saturated heterocycles. The molecule has 3 aliphatic rings. The molecule has 5 heterocycles. The molecule has 2 aromatic rings. The SMILES string of the molecule is CN1CCN(Cc2cc3c(nc2C=O)N(C(=O)Nc2cc(NCC4CCS4)c(C#N)cn2)CCC3)C(=O)C1. The quantitative estimate of drug-likeness (QED) is 0.513. The van der Waals surface area contributed by atoms with E-state index in [1.807, 2.05) is 29.8 Å². The predicted octanol–water partition coefficient (Wildman–Crippen LogP) is 2.34. The van der Waals surface area contributed by atoms with E-state index < -0.39 is 6.03 Å². The molecule has 0 bridgehead atoms. The fraction of sp³-hybridized carbons (Fsp3) is 0.462. The highest BCUT2D eigenvalue weighted by atomic mass is 32.2. The van der Waals surface area contributed by atoms with Crippen LogP contribution in [0, 0.1) is 11.3 Å². The highest BCUT2D eigenvalue weighted by Gasteiger charge is 2.28. The van der Waals surface area contributed by atoms with Crippen molar-refractivity contribution in [3.63, 3.8) is 0 Å². The van der Waals surface area contributed by atoms with E-state index in [0.29, 0.717) is 66.2 Å². The van der Waals surface area contributed by atoms with Gasteiger partial charge in [0, 0.05) is 55.8 Å². The van der Waals surface area contributed by atoms with Gasteiger partial charge in [-0.25, -0.2) is 14.8 Å². The van der Waals surface area contributed by atoms with Crippen LogP contribution in [0.2, 0.25) is 0 Å². The van der Waals surface area contributed by atoms with Gasteiger partial charge >= 0.3 is 6.03 Å². The number of hydrogen-bond donors (Lipinski definition) is 2. The molecule has 0 aromatic carbocycles. The van der Waals surface area contributed by atoms with Crippen LogP contribution < -0.4 is 15.5 Å². The molecule has 38 heavy (non-hydrogen) atoms. The average molecular weight is 535 g/mol. The Morgan fingerprint density at radius 2 is 2.16 bits per heavy atom. The van der Waals surface area contributed by atoms with Crippen LogP contribution in [0.1, 0.15) is 40.0 Å². The Kier molecular flexibility index (Phi) is 7.76. The number of aromatic nitrogens is 2. The zero-order valence-corrected chi connectivity index (χ0v) is 22.1. The number of rotatable bonds is 7. The van der Waals surface area contributed by atoms with Gasteiger partial charge < -0.3 is 10.2 Å². The monoisotopic (exact) mass is 534 g/mol. The van der Waals surface area contributed by atoms with Crippen LogP contribution in [-0.2, 0) is 17.8 Å². The summed E-state index contributed by atoms with van der Waals surface area (Å²) in [6.07, 6.45) is 4.73. The molecule has 2 N–H and O–H groups in total. The summed E-state index contributed by atoms with van der Waals surface area (Å²) in [5, 5.41) is 16.1. The van der Waals surface area contributed by atoms with Gasteiger partial charge in [0.05, 0.1) is 17.8 Å². The van der Waals surface area contributed by atoms with Crippen LogP contribution in [0.4, 0.5) is 22.1 Å². The number of nitriles is 1. The van der Waals surface area contributed by atoms with Gasteiger partial charge in [0.25, 0.3) is 0 Å². The highest BCUT2D eigenvalue weighted by molar-refractivity contribution is 8.01. The molecule has 0 radical (unpaired) electrons. The second-order valence-corrected chi connectivity index (χ2v) is 11.2. The third kappa shape index (κ3) is 5.58. The number of nitrogens with one attached hydrogen (secondary N) is 2. The third-order valence-corrected chi connectivity index (χ3v) is 8.42. The van der Waals surface area contributed by atoms with E-state index in [0.717, 1.165) is 43.7 Å². The standard InChI is InChI=1S/C26H30N8O3S/c1-32-6-7-33(24(36)15-32)14-18-9-17-3-2-5-34(25(17)30-22(18)16-35)26(37)31-23-10-21(19(11-27)12-29-23)28-13-20-4-8-38-20/h9-10,12,16,20H,2-8,13-15H2,1H3,(H2,28,29,31,37). The van der Waals surface area contributed by atoms with Gasteiger partial charge in [-0.15, -0.1) is 0 Å². The first-order chi connectivity index (χ1) is 18.4. The first-order valence-electron chi connectivity index (χ1n) is 12.7. The number of likely N-dealkylation sites (N-methyl/N-ethyl adjacent to an activating group) is 1. The largest absolute Gasteiger partial charge is 0.383 e. The maximum Gasteiger partial charge on any atom is 0.328 e. The topological polar surface area (TPSA) is 135 Å². The van der Waals surface area contributed by atoms with Crippen molar-refractivity contribution in [2.75, 3.05) is 61.1 Å². The molecule has 3 amide bonds. The number of piperazine rings is 1. The lowest BCUT2D eigenvalue weighted by Crippen LogP contribution is -2.48. The molecule has 2 fully saturated rings. The van der Waals surface area contributed by atoms with E-state index in [1.54, 1.807) is 11.0 Å². The highest BCUT2D eigenvalue weighted by Crippen LogP contribution is 2.30. The number of nitrogens with zero attached hydrogens (tertiary/aromatic N) is 6. The summed E-state index contributed by atoms with van der Waals surface area (Å²) in [4.78, 5) is 51.7. The number of carbonyl (C=O) groups excluding carboxylic acids is 3. The van der Waals surface area contributed by atoms with Gasteiger partial charge in [-0.05, 0) is 43.7 Å². The number of anilines is 3. The molecule has 0 saturated carbocycles. The van der Waals surface area contributed by atoms with Crippen molar-refractivity contribution in [2.45, 2.75) is 31.1 Å². The molecule has 11 nitrogen and oxygen atoms in total. The van der Waals surface area contributed by atoms with Crippen molar-refractivity contribution < 1.29 is 14.4 Å². The molecule has 3 aliphatic heterocycles. The first kappa shape index (κ1) is 25.9. The second-order valence-electron chi connectivity index (χ2n) is 9.76. The Bertz CT molecular complexity index is 1290. The number of pyridine rings is 2. The number of aldehydes is 1. The van der Waals surface area contributed by atoms with E-state index in [4.69, 9.17) is 0 Å². The van der Waals surface area contributed by atoms with Crippen LogP contribution in [0.3, 0.4) is 0 Å². The number of urea groups is 1. The molecule has 5 rings (SSSR count). The van der Waals surface area contributed by atoms with Crippen LogP contribution in [0.5, 0.6) is 0 Å². The molecular formula is C26H30N8O3S. The lowest BCUT2D eigenvalue weighted by molar-refractivity contribution is -0.136. The molecule has 198 valence electrons. The normalized spacial score (nSPS) is 19.3. The van der Waals surface area contributed by atoms with E-state index in [9.17, 15) is 19.6 Å². The summed E-state index contributed by atoms with van der Waals surface area (Å²) in [7, 11) is 1.91. The number of carbonyl (C=O) groups is 3. The Morgan fingerprint density at radius 1 is 1.32 bits per heavy atom. The summed E-state index contributed by atoms with van der Waals surface area (Å²) in [6.45, 7) is 3.22. The number of amides is 3.